The number of rotatable bonds is 13. The largest absolute Gasteiger partial charge is 0.367 e. The number of benzene rings is 1. The van der Waals surface area contributed by atoms with Gasteiger partial charge in [0.15, 0.2) is 17.2 Å². The van der Waals surface area contributed by atoms with E-state index in [4.69, 9.17) is 4.74 Å². The van der Waals surface area contributed by atoms with Crippen LogP contribution in [0.25, 0.3) is 17.0 Å². The predicted molar refractivity (Wildman–Crippen MR) is 156 cm³/mol. The van der Waals surface area contributed by atoms with Crippen LogP contribution in [-0.2, 0) is 14.3 Å². The third-order valence-corrected chi connectivity index (χ3v) is 7.48. The topological polar surface area (TPSA) is 87.7 Å². The first kappa shape index (κ1) is 31.1. The van der Waals surface area contributed by atoms with Gasteiger partial charge < -0.3 is 15.0 Å². The van der Waals surface area contributed by atoms with Crippen LogP contribution in [0.1, 0.15) is 52.5 Å². The summed E-state index contributed by atoms with van der Waals surface area (Å²) in [5.74, 6) is -0.124. The molecule has 1 unspecified atom stereocenters. The highest BCUT2D eigenvalue weighted by Crippen LogP contribution is 2.25. The quantitative estimate of drug-likeness (QED) is 0.292. The second-order valence-corrected chi connectivity index (χ2v) is 10.4. The van der Waals surface area contributed by atoms with Crippen molar-refractivity contribution in [3.05, 3.63) is 65.8 Å². The fraction of sp³-hybridized carbons (Fsp3) is 0.484. The van der Waals surface area contributed by atoms with Crippen molar-refractivity contribution in [2.75, 3.05) is 46.4 Å². The number of methoxy groups -OCH3 is 1. The zero-order valence-corrected chi connectivity index (χ0v) is 24.4. The Labute approximate surface area is 237 Å². The molecule has 0 saturated carbocycles. The molecular formula is C31H42FN5O3. The third-order valence-electron chi connectivity index (χ3n) is 7.48. The minimum absolute atomic E-state index is 0.0293. The smallest absolute Gasteiger partial charge is 0.253 e. The van der Waals surface area contributed by atoms with Crippen LogP contribution in [0.4, 0.5) is 4.39 Å². The molecule has 1 aromatic heterocycles. The number of allylic oxidation sites excluding steroid dienone is 2. The molecule has 0 bridgehead atoms. The number of aromatic nitrogens is 2. The van der Waals surface area contributed by atoms with E-state index in [1.54, 1.807) is 6.92 Å². The number of likely N-dealkylation sites (N-methyl/N-ethyl adjacent to an activating group) is 1. The fourth-order valence-electron chi connectivity index (χ4n) is 4.58. The van der Waals surface area contributed by atoms with Gasteiger partial charge in [-0.15, -0.1) is 0 Å². The number of hydrogen-bond acceptors (Lipinski definition) is 6. The molecule has 0 saturated heterocycles. The number of nitrogens with zero attached hydrogens (tertiary/aromatic N) is 4. The van der Waals surface area contributed by atoms with Crippen molar-refractivity contribution in [2.45, 2.75) is 52.6 Å². The van der Waals surface area contributed by atoms with Crippen molar-refractivity contribution < 1.29 is 18.7 Å². The number of carbonyl (C=O) groups is 2. The van der Waals surface area contributed by atoms with Crippen molar-refractivity contribution in [1.82, 2.24) is 25.1 Å². The van der Waals surface area contributed by atoms with Gasteiger partial charge in [0.05, 0.1) is 18.9 Å². The molecule has 8 nitrogen and oxygen atoms in total. The van der Waals surface area contributed by atoms with Crippen molar-refractivity contribution in [1.29, 1.82) is 0 Å². The van der Waals surface area contributed by atoms with Gasteiger partial charge in [-0.1, -0.05) is 48.9 Å². The Morgan fingerprint density at radius 1 is 1.20 bits per heavy atom. The van der Waals surface area contributed by atoms with Crippen LogP contribution in [0.3, 0.4) is 0 Å². The van der Waals surface area contributed by atoms with Crippen molar-refractivity contribution in [2.24, 2.45) is 0 Å². The van der Waals surface area contributed by atoms with Gasteiger partial charge in [-0.25, -0.2) is 14.4 Å². The molecule has 9 heteroatoms. The Bertz CT molecular complexity index is 1200. The van der Waals surface area contributed by atoms with E-state index < -0.39 is 11.4 Å². The van der Waals surface area contributed by atoms with Crippen LogP contribution in [-0.4, -0.2) is 83.6 Å². The Morgan fingerprint density at radius 3 is 2.45 bits per heavy atom. The zero-order valence-electron chi connectivity index (χ0n) is 24.4. The Kier molecular flexibility index (Phi) is 11.5. The van der Waals surface area contributed by atoms with E-state index in [-0.39, 0.29) is 18.4 Å². The molecule has 40 heavy (non-hydrogen) atoms. The molecule has 2 heterocycles. The highest BCUT2D eigenvalue weighted by molar-refractivity contribution is 5.85. The van der Waals surface area contributed by atoms with Gasteiger partial charge in [0, 0.05) is 38.9 Å². The van der Waals surface area contributed by atoms with Crippen molar-refractivity contribution >= 4 is 17.4 Å². The van der Waals surface area contributed by atoms with E-state index in [1.807, 2.05) is 47.9 Å². The molecule has 0 fully saturated rings. The molecule has 1 aliphatic rings. The molecule has 0 spiro atoms. The maximum atomic E-state index is 13.2. The van der Waals surface area contributed by atoms with E-state index in [2.05, 4.69) is 34.4 Å². The van der Waals surface area contributed by atoms with E-state index in [9.17, 15) is 14.0 Å². The van der Waals surface area contributed by atoms with E-state index in [0.717, 1.165) is 42.8 Å². The molecule has 0 radical (unpaired) electrons. The summed E-state index contributed by atoms with van der Waals surface area (Å²) in [5.41, 5.74) is 3.32. The average Bonchev–Trinajstić information content (AvgIpc) is 2.99. The first-order valence-corrected chi connectivity index (χ1v) is 13.9. The number of nitrogens with one attached hydrogen (secondary N) is 1. The maximum absolute atomic E-state index is 13.2. The molecule has 0 aliphatic carbocycles. The van der Waals surface area contributed by atoms with Gasteiger partial charge in [0.2, 0.25) is 5.91 Å². The first-order chi connectivity index (χ1) is 19.2. The molecule has 1 N–H and O–H groups in total. The molecule has 1 aliphatic heterocycles. The van der Waals surface area contributed by atoms with Crippen LogP contribution < -0.4 is 5.32 Å². The summed E-state index contributed by atoms with van der Waals surface area (Å²) < 4.78 is 18.7. The maximum Gasteiger partial charge on any atom is 0.253 e. The summed E-state index contributed by atoms with van der Waals surface area (Å²) in [7, 11) is 1.54. The zero-order chi connectivity index (χ0) is 29.1. The Hall–Kier alpha value is -3.43. The van der Waals surface area contributed by atoms with Gasteiger partial charge in [0.1, 0.15) is 0 Å². The number of ether oxygens (including phenoxy) is 1. The SMILES string of the molecule is C/C=C(/C)CCCNC(=O)C(C)(CN(CC)CC(=O)N1CC=C(c2ccc(-c3ncc(F)cn3)cc2)CC1)OC. The second kappa shape index (κ2) is 14.8. The number of halogens is 1. The third kappa shape index (κ3) is 8.53. The summed E-state index contributed by atoms with van der Waals surface area (Å²) >= 11 is 0. The first-order valence-electron chi connectivity index (χ1n) is 13.9. The van der Waals surface area contributed by atoms with Gasteiger partial charge in [-0.05, 0) is 57.7 Å². The van der Waals surface area contributed by atoms with Crippen molar-refractivity contribution in [3.63, 3.8) is 0 Å². The Balaban J connectivity index is 1.53. The lowest BCUT2D eigenvalue weighted by molar-refractivity contribution is -0.145. The fourth-order valence-corrected chi connectivity index (χ4v) is 4.58. The molecule has 1 atom stereocenters. The summed E-state index contributed by atoms with van der Waals surface area (Å²) in [4.78, 5) is 38.0. The van der Waals surface area contributed by atoms with Gasteiger partial charge in [-0.3, -0.25) is 14.5 Å². The number of amides is 2. The molecule has 3 rings (SSSR count). The van der Waals surface area contributed by atoms with Crippen LogP contribution in [0.15, 0.2) is 54.4 Å². The van der Waals surface area contributed by atoms with Crippen LogP contribution in [0.2, 0.25) is 0 Å². The highest BCUT2D eigenvalue weighted by Gasteiger charge is 2.35. The minimum atomic E-state index is -1.05. The minimum Gasteiger partial charge on any atom is -0.367 e. The molecular weight excluding hydrogens is 509 g/mol. The van der Waals surface area contributed by atoms with Crippen LogP contribution in [0, 0.1) is 5.82 Å². The molecule has 1 aromatic carbocycles. The standard InChI is InChI=1S/C31H42FN5O3/c1-6-23(3)9-8-16-33-30(39)31(4,40-5)22-36(7-2)21-28(38)37-17-14-25(15-18-37)24-10-12-26(13-11-24)29-34-19-27(32)20-35-29/h6,10-14,19-20H,7-9,15-18,21-22H2,1-5H3,(H,33,39)/b23-6-. The summed E-state index contributed by atoms with van der Waals surface area (Å²) in [6.45, 7) is 10.8. The van der Waals surface area contributed by atoms with Gasteiger partial charge >= 0.3 is 0 Å². The second-order valence-electron chi connectivity index (χ2n) is 10.4. The Morgan fingerprint density at radius 2 is 1.88 bits per heavy atom. The van der Waals surface area contributed by atoms with Crippen LogP contribution in [0.5, 0.6) is 0 Å². The van der Waals surface area contributed by atoms with E-state index >= 15 is 0 Å². The van der Waals surface area contributed by atoms with Gasteiger partial charge in [0.25, 0.3) is 5.91 Å². The summed E-state index contributed by atoms with van der Waals surface area (Å²) in [6.07, 6.45) is 9.04. The average molecular weight is 552 g/mol. The van der Waals surface area contributed by atoms with Crippen molar-refractivity contribution in [3.8, 4) is 11.4 Å². The number of hydrogen-bond donors (Lipinski definition) is 1. The van der Waals surface area contributed by atoms with Crippen LogP contribution >= 0.6 is 0 Å². The normalized spacial score (nSPS) is 15.5. The monoisotopic (exact) mass is 551 g/mol. The number of carbonyl (C=O) groups excluding carboxylic acids is 2. The molecule has 2 amide bonds. The molecule has 2 aromatic rings. The lowest BCUT2D eigenvalue weighted by Crippen LogP contribution is -2.55. The molecule has 216 valence electrons. The lowest BCUT2D eigenvalue weighted by atomic mass is 9.98. The summed E-state index contributed by atoms with van der Waals surface area (Å²) in [6, 6.07) is 7.85. The van der Waals surface area contributed by atoms with Gasteiger partial charge in [-0.2, -0.15) is 0 Å². The lowest BCUT2D eigenvalue weighted by Gasteiger charge is -2.34. The predicted octanol–water partition coefficient (Wildman–Crippen LogP) is 4.49. The summed E-state index contributed by atoms with van der Waals surface area (Å²) in [5, 5.41) is 2.99. The van der Waals surface area contributed by atoms with E-state index in [0.29, 0.717) is 38.5 Å². The highest BCUT2D eigenvalue weighted by atomic mass is 19.1. The van der Waals surface area contributed by atoms with E-state index in [1.165, 1.54) is 18.3 Å².